The Kier molecular flexibility index (Phi) is 9.48. The number of hydrogen-bond donors (Lipinski definition) is 1. The standard InChI is InChI=1S/C24H32BrN3O4S/c1-6-21(24(30)26-17(2)3)27(15-19-12-8-7-11-18(19)4)23(29)16-28(33(5,31)32)22-14-10-9-13-20(22)25/h7-14,17,21H,6,15-16H2,1-5H3,(H,26,30)/t21-/m0/s1. The zero-order valence-corrected chi connectivity index (χ0v) is 22.1. The fourth-order valence-electron chi connectivity index (χ4n) is 3.52. The highest BCUT2D eigenvalue weighted by Gasteiger charge is 2.32. The third kappa shape index (κ3) is 7.30. The molecule has 2 aromatic carbocycles. The number of anilines is 1. The van der Waals surface area contributed by atoms with E-state index in [4.69, 9.17) is 0 Å². The lowest BCUT2D eigenvalue weighted by Crippen LogP contribution is -2.53. The molecule has 0 saturated carbocycles. The Morgan fingerprint density at radius 3 is 2.21 bits per heavy atom. The van der Waals surface area contributed by atoms with Crippen molar-refractivity contribution < 1.29 is 18.0 Å². The number of para-hydroxylation sites is 1. The van der Waals surface area contributed by atoms with E-state index >= 15 is 0 Å². The molecule has 0 aliphatic heterocycles. The third-order valence-electron chi connectivity index (χ3n) is 5.22. The van der Waals surface area contributed by atoms with Crippen molar-refractivity contribution in [2.75, 3.05) is 17.1 Å². The van der Waals surface area contributed by atoms with Gasteiger partial charge in [-0.05, 0) is 66.4 Å². The van der Waals surface area contributed by atoms with Crippen LogP contribution in [0, 0.1) is 6.92 Å². The number of sulfonamides is 1. The van der Waals surface area contributed by atoms with Crippen LogP contribution in [0.2, 0.25) is 0 Å². The summed E-state index contributed by atoms with van der Waals surface area (Å²) >= 11 is 3.38. The summed E-state index contributed by atoms with van der Waals surface area (Å²) in [6.07, 6.45) is 1.46. The summed E-state index contributed by atoms with van der Waals surface area (Å²) in [6.45, 7) is 7.27. The molecule has 2 amide bonds. The van der Waals surface area contributed by atoms with Gasteiger partial charge in [-0.1, -0.05) is 43.3 Å². The Bertz CT molecular complexity index is 1090. The summed E-state index contributed by atoms with van der Waals surface area (Å²) in [6, 6.07) is 13.6. The van der Waals surface area contributed by atoms with Gasteiger partial charge in [-0.25, -0.2) is 8.42 Å². The van der Waals surface area contributed by atoms with Crippen LogP contribution in [0.1, 0.15) is 38.3 Å². The summed E-state index contributed by atoms with van der Waals surface area (Å²) in [5.41, 5.74) is 2.25. The Morgan fingerprint density at radius 1 is 1.06 bits per heavy atom. The van der Waals surface area contributed by atoms with E-state index in [0.29, 0.717) is 16.6 Å². The molecule has 7 nitrogen and oxygen atoms in total. The zero-order chi connectivity index (χ0) is 24.8. The molecule has 0 fully saturated rings. The molecule has 2 rings (SSSR count). The van der Waals surface area contributed by atoms with Crippen LogP contribution in [0.3, 0.4) is 0 Å². The summed E-state index contributed by atoms with van der Waals surface area (Å²) in [5, 5.41) is 2.88. The van der Waals surface area contributed by atoms with Crippen LogP contribution in [0.15, 0.2) is 53.0 Å². The molecule has 0 aliphatic rings. The maximum absolute atomic E-state index is 13.6. The van der Waals surface area contributed by atoms with Gasteiger partial charge in [0.15, 0.2) is 0 Å². The number of halogens is 1. The van der Waals surface area contributed by atoms with Crippen molar-refractivity contribution >= 4 is 43.5 Å². The molecule has 0 heterocycles. The summed E-state index contributed by atoms with van der Waals surface area (Å²) in [7, 11) is -3.77. The Labute approximate surface area is 205 Å². The van der Waals surface area contributed by atoms with Gasteiger partial charge in [-0.2, -0.15) is 0 Å². The van der Waals surface area contributed by atoms with Gasteiger partial charge in [0, 0.05) is 17.1 Å². The average molecular weight is 539 g/mol. The number of nitrogens with zero attached hydrogens (tertiary/aromatic N) is 2. The number of rotatable bonds is 10. The molecule has 0 unspecified atom stereocenters. The third-order valence-corrected chi connectivity index (χ3v) is 7.02. The normalized spacial score (nSPS) is 12.3. The number of benzene rings is 2. The number of hydrogen-bond acceptors (Lipinski definition) is 4. The Balaban J connectivity index is 2.47. The first-order valence-electron chi connectivity index (χ1n) is 10.8. The van der Waals surface area contributed by atoms with Crippen LogP contribution in [0.4, 0.5) is 5.69 Å². The largest absolute Gasteiger partial charge is 0.352 e. The molecular formula is C24H32BrN3O4S. The molecular weight excluding hydrogens is 506 g/mol. The predicted molar refractivity (Wildman–Crippen MR) is 135 cm³/mol. The molecule has 1 N–H and O–H groups in total. The van der Waals surface area contributed by atoms with Gasteiger partial charge in [0.05, 0.1) is 11.9 Å². The van der Waals surface area contributed by atoms with Crippen LogP contribution in [-0.2, 0) is 26.2 Å². The molecule has 9 heteroatoms. The fraction of sp³-hybridized carbons (Fsp3) is 0.417. The maximum Gasteiger partial charge on any atom is 0.244 e. The highest BCUT2D eigenvalue weighted by molar-refractivity contribution is 9.10. The topological polar surface area (TPSA) is 86.8 Å². The first-order chi connectivity index (χ1) is 15.5. The minimum atomic E-state index is -3.77. The molecule has 33 heavy (non-hydrogen) atoms. The fourth-order valence-corrected chi connectivity index (χ4v) is 5.00. The number of carbonyl (C=O) groups excluding carboxylic acids is 2. The van der Waals surface area contributed by atoms with Crippen molar-refractivity contribution in [1.82, 2.24) is 10.2 Å². The SMILES string of the molecule is CC[C@@H](C(=O)NC(C)C)N(Cc1ccccc1C)C(=O)CN(c1ccccc1Br)S(C)(=O)=O. The van der Waals surface area contributed by atoms with E-state index in [-0.39, 0.29) is 18.5 Å². The second kappa shape index (κ2) is 11.7. The second-order valence-electron chi connectivity index (χ2n) is 8.26. The van der Waals surface area contributed by atoms with Crippen molar-refractivity contribution in [3.05, 3.63) is 64.1 Å². The predicted octanol–water partition coefficient (Wildman–Crippen LogP) is 3.86. The smallest absolute Gasteiger partial charge is 0.244 e. The number of aryl methyl sites for hydroxylation is 1. The van der Waals surface area contributed by atoms with E-state index in [2.05, 4.69) is 21.2 Å². The molecule has 180 valence electrons. The van der Waals surface area contributed by atoms with Gasteiger partial charge >= 0.3 is 0 Å². The van der Waals surface area contributed by atoms with Crippen LogP contribution in [0.25, 0.3) is 0 Å². The van der Waals surface area contributed by atoms with E-state index < -0.39 is 28.5 Å². The summed E-state index contributed by atoms with van der Waals surface area (Å²) in [5.74, 6) is -0.716. The van der Waals surface area contributed by atoms with Crippen molar-refractivity contribution in [1.29, 1.82) is 0 Å². The van der Waals surface area contributed by atoms with E-state index in [9.17, 15) is 18.0 Å². The highest BCUT2D eigenvalue weighted by Crippen LogP contribution is 2.28. The van der Waals surface area contributed by atoms with Gasteiger partial charge < -0.3 is 10.2 Å². The quantitative estimate of drug-likeness (QED) is 0.498. The lowest BCUT2D eigenvalue weighted by Gasteiger charge is -2.33. The van der Waals surface area contributed by atoms with Crippen LogP contribution < -0.4 is 9.62 Å². The van der Waals surface area contributed by atoms with Crippen molar-refractivity contribution in [2.24, 2.45) is 0 Å². The van der Waals surface area contributed by atoms with Gasteiger partial charge in [-0.3, -0.25) is 13.9 Å². The molecule has 0 spiro atoms. The monoisotopic (exact) mass is 537 g/mol. The number of carbonyl (C=O) groups is 2. The molecule has 1 atom stereocenters. The molecule has 0 aromatic heterocycles. The zero-order valence-electron chi connectivity index (χ0n) is 19.7. The van der Waals surface area contributed by atoms with Gasteiger partial charge in [-0.15, -0.1) is 0 Å². The van der Waals surface area contributed by atoms with E-state index in [1.165, 1.54) is 4.90 Å². The Hall–Kier alpha value is -2.39. The van der Waals surface area contributed by atoms with Crippen LogP contribution in [-0.4, -0.2) is 50.0 Å². The van der Waals surface area contributed by atoms with Crippen LogP contribution in [0.5, 0.6) is 0 Å². The first-order valence-corrected chi connectivity index (χ1v) is 13.5. The lowest BCUT2D eigenvalue weighted by atomic mass is 10.1. The minimum Gasteiger partial charge on any atom is -0.352 e. The van der Waals surface area contributed by atoms with Gasteiger partial charge in [0.25, 0.3) is 0 Å². The second-order valence-corrected chi connectivity index (χ2v) is 11.0. The van der Waals surface area contributed by atoms with Crippen molar-refractivity contribution in [3.63, 3.8) is 0 Å². The number of nitrogens with one attached hydrogen (secondary N) is 1. The minimum absolute atomic E-state index is 0.0882. The van der Waals surface area contributed by atoms with Gasteiger partial charge in [0.1, 0.15) is 12.6 Å². The molecule has 0 radical (unpaired) electrons. The molecule has 0 bridgehead atoms. The molecule has 0 aliphatic carbocycles. The highest BCUT2D eigenvalue weighted by atomic mass is 79.9. The average Bonchev–Trinajstić information content (AvgIpc) is 2.72. The van der Waals surface area contributed by atoms with Crippen molar-refractivity contribution in [3.8, 4) is 0 Å². The maximum atomic E-state index is 13.6. The lowest BCUT2D eigenvalue weighted by molar-refractivity contribution is -0.140. The van der Waals surface area contributed by atoms with E-state index in [1.807, 2.05) is 52.0 Å². The van der Waals surface area contributed by atoms with E-state index in [1.54, 1.807) is 24.3 Å². The Morgan fingerprint density at radius 2 is 1.67 bits per heavy atom. The van der Waals surface area contributed by atoms with Crippen LogP contribution >= 0.6 is 15.9 Å². The number of amides is 2. The van der Waals surface area contributed by atoms with Crippen molar-refractivity contribution in [2.45, 2.75) is 52.7 Å². The summed E-state index contributed by atoms with van der Waals surface area (Å²) < 4.78 is 26.9. The van der Waals surface area contributed by atoms with E-state index in [0.717, 1.165) is 21.7 Å². The molecule has 0 saturated heterocycles. The first kappa shape index (κ1) is 26.9. The summed E-state index contributed by atoms with van der Waals surface area (Å²) in [4.78, 5) is 28.1. The van der Waals surface area contributed by atoms with Gasteiger partial charge in [0.2, 0.25) is 21.8 Å². The molecule has 2 aromatic rings.